The number of ether oxygens (including phenoxy) is 2. The topological polar surface area (TPSA) is 86.5 Å². The van der Waals surface area contributed by atoms with E-state index >= 15 is 0 Å². The van der Waals surface area contributed by atoms with E-state index in [1.165, 1.54) is 11.3 Å². The fourth-order valence-corrected chi connectivity index (χ4v) is 3.35. The van der Waals surface area contributed by atoms with Gasteiger partial charge in [-0.25, -0.2) is 0 Å². The highest BCUT2D eigenvalue weighted by molar-refractivity contribution is 7.12. The van der Waals surface area contributed by atoms with Crippen molar-refractivity contribution in [2.45, 2.75) is 0 Å². The van der Waals surface area contributed by atoms with Crippen molar-refractivity contribution in [2.24, 2.45) is 0 Å². The number of rotatable bonds is 6. The van der Waals surface area contributed by atoms with Gasteiger partial charge in [0.25, 0.3) is 11.8 Å². The van der Waals surface area contributed by atoms with Crippen molar-refractivity contribution in [1.82, 2.24) is 10.1 Å². The number of benzene rings is 2. The second-order valence-corrected chi connectivity index (χ2v) is 6.95. The number of hydrogen-bond acceptors (Lipinski definition) is 7. The standard InChI is InChI=1S/C21H17N3O4S/c1-26-16-10-7-14(12-17(16)27-2)19-23-21(28-24-19)13-5-8-15(9-6-13)22-20(25)18-4-3-11-29-18/h3-12H,1-2H3,(H,22,25). The molecule has 1 amide bonds. The number of carbonyl (C=O) groups excluding carboxylic acids is 1. The lowest BCUT2D eigenvalue weighted by Gasteiger charge is -2.07. The summed E-state index contributed by atoms with van der Waals surface area (Å²) in [5.41, 5.74) is 2.18. The molecule has 0 unspecified atom stereocenters. The van der Waals surface area contributed by atoms with Crippen molar-refractivity contribution in [3.8, 4) is 34.3 Å². The smallest absolute Gasteiger partial charge is 0.265 e. The van der Waals surface area contributed by atoms with Gasteiger partial charge in [-0.05, 0) is 53.9 Å². The van der Waals surface area contributed by atoms with Crippen LogP contribution in [0.25, 0.3) is 22.8 Å². The summed E-state index contributed by atoms with van der Waals surface area (Å²) in [4.78, 5) is 17.2. The Kier molecular flexibility index (Phi) is 5.26. The molecule has 0 atom stereocenters. The third-order valence-corrected chi connectivity index (χ3v) is 5.07. The zero-order valence-corrected chi connectivity index (χ0v) is 16.5. The van der Waals surface area contributed by atoms with Crippen molar-refractivity contribution >= 4 is 22.9 Å². The van der Waals surface area contributed by atoms with Crippen LogP contribution in [0.1, 0.15) is 9.67 Å². The van der Waals surface area contributed by atoms with Gasteiger partial charge in [0.1, 0.15) is 0 Å². The minimum Gasteiger partial charge on any atom is -0.493 e. The number of carbonyl (C=O) groups is 1. The normalized spacial score (nSPS) is 10.6. The van der Waals surface area contributed by atoms with E-state index < -0.39 is 0 Å². The number of thiophene rings is 1. The lowest BCUT2D eigenvalue weighted by molar-refractivity contribution is 0.103. The third kappa shape index (κ3) is 3.97. The summed E-state index contributed by atoms with van der Waals surface area (Å²) in [5.74, 6) is 1.89. The van der Waals surface area contributed by atoms with Crippen LogP contribution in [-0.4, -0.2) is 30.3 Å². The molecule has 0 saturated heterocycles. The summed E-state index contributed by atoms with van der Waals surface area (Å²) < 4.78 is 16.0. The molecule has 0 aliphatic rings. The van der Waals surface area contributed by atoms with Crippen LogP contribution < -0.4 is 14.8 Å². The molecule has 0 bridgehead atoms. The summed E-state index contributed by atoms with van der Waals surface area (Å²) in [6.45, 7) is 0. The van der Waals surface area contributed by atoms with Crippen LogP contribution in [0.2, 0.25) is 0 Å². The Hall–Kier alpha value is -3.65. The first-order valence-electron chi connectivity index (χ1n) is 8.69. The molecule has 2 heterocycles. The minimum absolute atomic E-state index is 0.138. The molecule has 0 fully saturated rings. The largest absolute Gasteiger partial charge is 0.493 e. The predicted molar refractivity (Wildman–Crippen MR) is 111 cm³/mol. The molecule has 2 aromatic carbocycles. The molecule has 0 aliphatic carbocycles. The first-order chi connectivity index (χ1) is 14.2. The molecule has 2 aromatic heterocycles. The van der Waals surface area contributed by atoms with Crippen molar-refractivity contribution in [3.05, 3.63) is 64.9 Å². The molecule has 0 aliphatic heterocycles. The van der Waals surface area contributed by atoms with Gasteiger partial charge in [-0.1, -0.05) is 11.2 Å². The summed E-state index contributed by atoms with van der Waals surface area (Å²) in [6.07, 6.45) is 0. The SMILES string of the molecule is COc1ccc(-c2noc(-c3ccc(NC(=O)c4cccs4)cc3)n2)cc1OC. The first kappa shape index (κ1) is 18.7. The van der Waals surface area contributed by atoms with Gasteiger partial charge in [0, 0.05) is 16.8 Å². The van der Waals surface area contributed by atoms with E-state index in [1.807, 2.05) is 29.6 Å². The van der Waals surface area contributed by atoms with Crippen LogP contribution in [0.15, 0.2) is 64.5 Å². The first-order valence-corrected chi connectivity index (χ1v) is 9.57. The van der Waals surface area contributed by atoms with Crippen molar-refractivity contribution in [2.75, 3.05) is 19.5 Å². The monoisotopic (exact) mass is 407 g/mol. The van der Waals surface area contributed by atoms with Gasteiger partial charge < -0.3 is 19.3 Å². The Morgan fingerprint density at radius 2 is 1.76 bits per heavy atom. The summed E-state index contributed by atoms with van der Waals surface area (Å²) in [7, 11) is 3.15. The zero-order valence-electron chi connectivity index (χ0n) is 15.7. The molecule has 29 heavy (non-hydrogen) atoms. The van der Waals surface area contributed by atoms with Crippen LogP contribution in [0.4, 0.5) is 5.69 Å². The molecule has 7 nitrogen and oxygen atoms in total. The lowest BCUT2D eigenvalue weighted by atomic mass is 10.2. The Morgan fingerprint density at radius 3 is 2.45 bits per heavy atom. The van der Waals surface area contributed by atoms with Crippen LogP contribution in [0.5, 0.6) is 11.5 Å². The van der Waals surface area contributed by atoms with Crippen LogP contribution in [0.3, 0.4) is 0 Å². The maximum absolute atomic E-state index is 12.1. The van der Waals surface area contributed by atoms with Gasteiger partial charge >= 0.3 is 0 Å². The Morgan fingerprint density at radius 1 is 1.00 bits per heavy atom. The fourth-order valence-electron chi connectivity index (χ4n) is 2.73. The molecule has 4 rings (SSSR count). The molecule has 146 valence electrons. The highest BCUT2D eigenvalue weighted by Crippen LogP contribution is 2.32. The minimum atomic E-state index is -0.138. The second kappa shape index (κ2) is 8.15. The highest BCUT2D eigenvalue weighted by atomic mass is 32.1. The Labute approximate surface area is 170 Å². The van der Waals surface area contributed by atoms with E-state index in [9.17, 15) is 4.79 Å². The van der Waals surface area contributed by atoms with E-state index in [2.05, 4.69) is 15.5 Å². The van der Waals surface area contributed by atoms with Gasteiger partial charge in [-0.15, -0.1) is 11.3 Å². The summed E-state index contributed by atoms with van der Waals surface area (Å²) >= 11 is 1.39. The number of aromatic nitrogens is 2. The van der Waals surface area contributed by atoms with E-state index in [4.69, 9.17) is 14.0 Å². The predicted octanol–water partition coefficient (Wildman–Crippen LogP) is 4.73. The lowest BCUT2D eigenvalue weighted by Crippen LogP contribution is -2.09. The fraction of sp³-hybridized carbons (Fsp3) is 0.0952. The van der Waals surface area contributed by atoms with Crippen LogP contribution in [0, 0.1) is 0 Å². The number of methoxy groups -OCH3 is 2. The number of anilines is 1. The number of nitrogens with one attached hydrogen (secondary N) is 1. The molecule has 1 N–H and O–H groups in total. The van der Waals surface area contributed by atoms with E-state index in [0.717, 1.165) is 11.1 Å². The second-order valence-electron chi connectivity index (χ2n) is 6.00. The van der Waals surface area contributed by atoms with E-state index in [0.29, 0.717) is 33.8 Å². The van der Waals surface area contributed by atoms with Crippen molar-refractivity contribution < 1.29 is 18.8 Å². The quantitative estimate of drug-likeness (QED) is 0.497. The van der Waals surface area contributed by atoms with Gasteiger partial charge in [0.2, 0.25) is 5.82 Å². The van der Waals surface area contributed by atoms with Gasteiger partial charge in [0.05, 0.1) is 19.1 Å². The van der Waals surface area contributed by atoms with Crippen molar-refractivity contribution in [1.29, 1.82) is 0 Å². The zero-order chi connectivity index (χ0) is 20.2. The molecule has 0 spiro atoms. The van der Waals surface area contributed by atoms with Gasteiger partial charge in [-0.3, -0.25) is 4.79 Å². The molecule has 0 saturated carbocycles. The number of nitrogens with zero attached hydrogens (tertiary/aromatic N) is 2. The third-order valence-electron chi connectivity index (χ3n) is 4.20. The average molecular weight is 407 g/mol. The van der Waals surface area contributed by atoms with E-state index in [1.54, 1.807) is 44.6 Å². The molecule has 4 aromatic rings. The maximum Gasteiger partial charge on any atom is 0.265 e. The molecule has 8 heteroatoms. The van der Waals surface area contributed by atoms with Crippen LogP contribution >= 0.6 is 11.3 Å². The Balaban J connectivity index is 1.51. The van der Waals surface area contributed by atoms with Gasteiger partial charge in [0.15, 0.2) is 11.5 Å². The highest BCUT2D eigenvalue weighted by Gasteiger charge is 2.14. The molecular formula is C21H17N3O4S. The van der Waals surface area contributed by atoms with Gasteiger partial charge in [-0.2, -0.15) is 4.98 Å². The van der Waals surface area contributed by atoms with Crippen molar-refractivity contribution in [3.63, 3.8) is 0 Å². The van der Waals surface area contributed by atoms with Crippen LogP contribution in [-0.2, 0) is 0 Å². The number of hydrogen-bond donors (Lipinski definition) is 1. The summed E-state index contributed by atoms with van der Waals surface area (Å²) in [5, 5.41) is 8.77. The summed E-state index contributed by atoms with van der Waals surface area (Å²) in [6, 6.07) is 16.2. The van der Waals surface area contributed by atoms with E-state index in [-0.39, 0.29) is 5.91 Å². The Bertz CT molecular complexity index is 1120. The average Bonchev–Trinajstić information content (AvgIpc) is 3.46. The molecular weight excluding hydrogens is 390 g/mol. The number of amides is 1. The molecule has 0 radical (unpaired) electrons. The maximum atomic E-state index is 12.1.